The molecule has 1 heteroatoms. The Hall–Kier alpha value is -0.0400. The predicted octanol–water partition coefficient (Wildman–Crippen LogP) is 1.000. The summed E-state index contributed by atoms with van der Waals surface area (Å²) < 4.78 is 0. The lowest BCUT2D eigenvalue weighted by atomic mass is 10.0. The van der Waals surface area contributed by atoms with Crippen LogP contribution in [0.4, 0.5) is 0 Å². The van der Waals surface area contributed by atoms with Gasteiger partial charge < -0.3 is 5.32 Å². The topological polar surface area (TPSA) is 12.0 Å². The Bertz CT molecular complexity index is 74.6. The molecule has 1 aliphatic carbocycles. The predicted molar refractivity (Wildman–Crippen MR) is 39.0 cm³/mol. The minimum Gasteiger partial charge on any atom is -0.317 e. The van der Waals surface area contributed by atoms with Gasteiger partial charge in [0.05, 0.1) is 0 Å². The number of hydrogen-bond acceptors (Lipinski definition) is 1. The van der Waals surface area contributed by atoms with Crippen molar-refractivity contribution in [3.05, 3.63) is 31.6 Å². The monoisotopic (exact) mass is 122 g/mol. The summed E-state index contributed by atoms with van der Waals surface area (Å²) in [5.74, 6) is 1.36. The van der Waals surface area contributed by atoms with Gasteiger partial charge in [-0.3, -0.25) is 0 Å². The van der Waals surface area contributed by atoms with Crippen molar-refractivity contribution >= 4 is 0 Å². The number of rotatable bonds is 2. The van der Waals surface area contributed by atoms with Crippen LogP contribution in [0.1, 0.15) is 6.92 Å². The molecule has 1 aliphatic rings. The summed E-state index contributed by atoms with van der Waals surface area (Å²) in [7, 11) is 1.97. The minimum absolute atomic E-state index is 0.486. The SMILES string of the molecule is CNC(C)[C]1[CH][CH][CH][CH]1. The molecule has 9 heavy (non-hydrogen) atoms. The molecule has 0 aromatic rings. The Morgan fingerprint density at radius 2 is 1.89 bits per heavy atom. The highest BCUT2D eigenvalue weighted by atomic mass is 14.9. The third-order valence-corrected chi connectivity index (χ3v) is 1.62. The van der Waals surface area contributed by atoms with Crippen molar-refractivity contribution in [2.75, 3.05) is 7.05 Å². The third kappa shape index (κ3) is 1.68. The second-order valence-corrected chi connectivity index (χ2v) is 2.23. The van der Waals surface area contributed by atoms with E-state index in [1.54, 1.807) is 0 Å². The van der Waals surface area contributed by atoms with Crippen molar-refractivity contribution in [1.29, 1.82) is 0 Å². The van der Waals surface area contributed by atoms with E-state index >= 15 is 0 Å². The highest BCUT2D eigenvalue weighted by Gasteiger charge is 2.21. The highest BCUT2D eigenvalue weighted by molar-refractivity contribution is 5.37. The molecule has 0 heterocycles. The van der Waals surface area contributed by atoms with E-state index < -0.39 is 0 Å². The van der Waals surface area contributed by atoms with Crippen LogP contribution in [0, 0.1) is 31.6 Å². The molecule has 1 N–H and O–H groups in total. The fourth-order valence-corrected chi connectivity index (χ4v) is 0.844. The molecule has 0 aliphatic heterocycles. The van der Waals surface area contributed by atoms with Gasteiger partial charge in [-0.15, -0.1) is 0 Å². The molecule has 1 saturated carbocycles. The van der Waals surface area contributed by atoms with E-state index in [1.165, 1.54) is 5.92 Å². The molecule has 0 spiro atoms. The summed E-state index contributed by atoms with van der Waals surface area (Å²) in [4.78, 5) is 0. The first-order chi connectivity index (χ1) is 4.34. The first kappa shape index (κ1) is 7.07. The van der Waals surface area contributed by atoms with Crippen LogP contribution in [0.25, 0.3) is 0 Å². The van der Waals surface area contributed by atoms with E-state index in [0.29, 0.717) is 6.04 Å². The second kappa shape index (κ2) is 3.21. The van der Waals surface area contributed by atoms with Gasteiger partial charge in [-0.25, -0.2) is 0 Å². The Morgan fingerprint density at radius 1 is 1.33 bits per heavy atom. The maximum absolute atomic E-state index is 3.17. The zero-order chi connectivity index (χ0) is 6.69. The molecule has 1 atom stereocenters. The van der Waals surface area contributed by atoms with Crippen molar-refractivity contribution in [3.63, 3.8) is 0 Å². The molecule has 49 valence electrons. The van der Waals surface area contributed by atoms with Gasteiger partial charge in [0.25, 0.3) is 0 Å². The minimum atomic E-state index is 0.486. The maximum Gasteiger partial charge on any atom is 0.0104 e. The van der Waals surface area contributed by atoms with Crippen molar-refractivity contribution in [3.8, 4) is 0 Å². The number of nitrogens with one attached hydrogen (secondary N) is 1. The molecular weight excluding hydrogens is 110 g/mol. The average Bonchev–Trinajstić information content (AvgIpc) is 2.37. The van der Waals surface area contributed by atoms with Crippen LogP contribution in [0.3, 0.4) is 0 Å². The van der Waals surface area contributed by atoms with E-state index in [9.17, 15) is 0 Å². The molecule has 5 radical (unpaired) electrons. The number of hydrogen-bond donors (Lipinski definition) is 1. The Balaban J connectivity index is 2.24. The van der Waals surface area contributed by atoms with E-state index in [2.05, 4.69) is 37.9 Å². The van der Waals surface area contributed by atoms with Crippen LogP contribution in [-0.4, -0.2) is 13.1 Å². The molecular formula is C8H12N. The van der Waals surface area contributed by atoms with E-state index in [4.69, 9.17) is 0 Å². The van der Waals surface area contributed by atoms with Crippen LogP contribution in [-0.2, 0) is 0 Å². The largest absolute Gasteiger partial charge is 0.317 e. The molecule has 1 nitrogen and oxygen atoms in total. The first-order valence-corrected chi connectivity index (χ1v) is 3.23. The summed E-state index contributed by atoms with van der Waals surface area (Å²) in [6.07, 6.45) is 8.37. The highest BCUT2D eigenvalue weighted by Crippen LogP contribution is 2.25. The van der Waals surface area contributed by atoms with Crippen LogP contribution in [0.2, 0.25) is 0 Å². The Labute approximate surface area is 57.8 Å². The standard InChI is InChI=1S/C8H12N/c1-7(9-2)8-5-3-4-6-8/h3-7,9H,1-2H3. The smallest absolute Gasteiger partial charge is 0.0104 e. The second-order valence-electron chi connectivity index (χ2n) is 2.23. The summed E-state index contributed by atoms with van der Waals surface area (Å²) >= 11 is 0. The zero-order valence-electron chi connectivity index (χ0n) is 5.89. The maximum atomic E-state index is 3.17. The van der Waals surface area contributed by atoms with Gasteiger partial charge in [-0.1, -0.05) is 0 Å². The normalized spacial score (nSPS) is 24.7. The lowest BCUT2D eigenvalue weighted by molar-refractivity contribution is 0.654. The van der Waals surface area contributed by atoms with Crippen molar-refractivity contribution in [2.24, 2.45) is 0 Å². The summed E-state index contributed by atoms with van der Waals surface area (Å²) in [5, 5.41) is 3.17. The van der Waals surface area contributed by atoms with Crippen LogP contribution in [0.15, 0.2) is 0 Å². The van der Waals surface area contributed by atoms with Gasteiger partial charge in [-0.05, 0) is 45.6 Å². The molecule has 0 saturated heterocycles. The Kier molecular flexibility index (Phi) is 2.52. The van der Waals surface area contributed by atoms with Crippen LogP contribution in [0.5, 0.6) is 0 Å². The van der Waals surface area contributed by atoms with Crippen molar-refractivity contribution in [2.45, 2.75) is 13.0 Å². The summed E-state index contributed by atoms with van der Waals surface area (Å²) in [5.41, 5.74) is 0. The lowest BCUT2D eigenvalue weighted by Crippen LogP contribution is -2.27. The third-order valence-electron chi connectivity index (χ3n) is 1.62. The molecule has 1 fully saturated rings. The molecule has 0 bridgehead atoms. The van der Waals surface area contributed by atoms with Crippen LogP contribution >= 0.6 is 0 Å². The van der Waals surface area contributed by atoms with Crippen molar-refractivity contribution in [1.82, 2.24) is 5.32 Å². The van der Waals surface area contributed by atoms with Gasteiger partial charge in [0.15, 0.2) is 0 Å². The van der Waals surface area contributed by atoms with Gasteiger partial charge in [0.1, 0.15) is 0 Å². The molecule has 1 unspecified atom stereocenters. The zero-order valence-corrected chi connectivity index (χ0v) is 5.89. The lowest BCUT2D eigenvalue weighted by Gasteiger charge is -2.15. The fourth-order valence-electron chi connectivity index (χ4n) is 0.844. The van der Waals surface area contributed by atoms with E-state index in [-0.39, 0.29) is 0 Å². The van der Waals surface area contributed by atoms with Crippen LogP contribution < -0.4 is 5.32 Å². The molecule has 1 rings (SSSR count). The summed E-state index contributed by atoms with van der Waals surface area (Å²) in [6.45, 7) is 2.15. The van der Waals surface area contributed by atoms with E-state index in [1.807, 2.05) is 7.05 Å². The van der Waals surface area contributed by atoms with Gasteiger partial charge >= 0.3 is 0 Å². The molecule has 0 aromatic carbocycles. The Morgan fingerprint density at radius 3 is 2.33 bits per heavy atom. The molecule has 0 amide bonds. The van der Waals surface area contributed by atoms with Crippen molar-refractivity contribution < 1.29 is 0 Å². The quantitative estimate of drug-likeness (QED) is 0.576. The molecule has 0 aromatic heterocycles. The van der Waals surface area contributed by atoms with Gasteiger partial charge in [0, 0.05) is 6.04 Å². The fraction of sp³-hybridized carbons (Fsp3) is 0.375. The van der Waals surface area contributed by atoms with E-state index in [0.717, 1.165) is 0 Å². The average molecular weight is 122 g/mol. The van der Waals surface area contributed by atoms with Gasteiger partial charge in [-0.2, -0.15) is 0 Å². The van der Waals surface area contributed by atoms with Gasteiger partial charge in [0.2, 0.25) is 0 Å². The first-order valence-electron chi connectivity index (χ1n) is 3.23. The summed E-state index contributed by atoms with van der Waals surface area (Å²) in [6, 6.07) is 0.486.